The number of rotatable bonds is 4. The number of fused-ring (bicyclic) bond motifs is 1. The summed E-state index contributed by atoms with van der Waals surface area (Å²) in [6.07, 6.45) is 4.11. The molecule has 1 aromatic heterocycles. The highest BCUT2D eigenvalue weighted by Crippen LogP contribution is 2.49. The first-order chi connectivity index (χ1) is 13.9. The summed E-state index contributed by atoms with van der Waals surface area (Å²) in [6, 6.07) is 8.92. The molecular weight excluding hydrogens is 370 g/mol. The molecule has 152 valence electrons. The van der Waals surface area contributed by atoms with E-state index in [0.717, 1.165) is 24.0 Å². The van der Waals surface area contributed by atoms with Crippen molar-refractivity contribution in [2.24, 2.45) is 11.3 Å². The molecule has 0 spiro atoms. The zero-order valence-electron chi connectivity index (χ0n) is 16.6. The lowest BCUT2D eigenvalue weighted by molar-refractivity contribution is -0.149. The molecule has 29 heavy (non-hydrogen) atoms. The lowest BCUT2D eigenvalue weighted by Crippen LogP contribution is -2.38. The number of nitrogens with one attached hydrogen (secondary N) is 1. The average Bonchev–Trinajstić information content (AvgIpc) is 3.23. The highest BCUT2D eigenvalue weighted by Gasteiger charge is 2.55. The minimum atomic E-state index is -0.785. The van der Waals surface area contributed by atoms with Gasteiger partial charge < -0.3 is 20.1 Å². The second-order valence-electron chi connectivity index (χ2n) is 8.11. The molecule has 2 aromatic rings. The van der Waals surface area contributed by atoms with E-state index in [1.165, 1.54) is 0 Å². The largest absolute Gasteiger partial charge is 0.481 e. The predicted octanol–water partition coefficient (Wildman–Crippen LogP) is 4.21. The summed E-state index contributed by atoms with van der Waals surface area (Å²) in [5, 5.41) is 12.6. The van der Waals surface area contributed by atoms with Crippen LogP contribution in [0.25, 0.3) is 0 Å². The van der Waals surface area contributed by atoms with Crippen molar-refractivity contribution < 1.29 is 19.4 Å². The van der Waals surface area contributed by atoms with E-state index in [-0.39, 0.29) is 18.5 Å². The molecule has 2 heterocycles. The predicted molar refractivity (Wildman–Crippen MR) is 108 cm³/mol. The SMILES string of the molecule is Cc1ccnc(Oc2cc(NC(=O)N3C[C@@H]4CCC[C@@]4(C(=O)O)C3)ccc2C)c1. The molecule has 2 amide bonds. The lowest BCUT2D eigenvalue weighted by atomic mass is 9.81. The lowest BCUT2D eigenvalue weighted by Gasteiger charge is -2.23. The van der Waals surface area contributed by atoms with Gasteiger partial charge in [-0.2, -0.15) is 0 Å². The number of ether oxygens (including phenoxy) is 1. The van der Waals surface area contributed by atoms with Gasteiger partial charge in [-0.05, 0) is 55.9 Å². The fourth-order valence-corrected chi connectivity index (χ4v) is 4.46. The van der Waals surface area contributed by atoms with Gasteiger partial charge >= 0.3 is 12.0 Å². The monoisotopic (exact) mass is 395 g/mol. The Morgan fingerprint density at radius 2 is 2.10 bits per heavy atom. The Labute approximate surface area is 169 Å². The number of nitrogens with zero attached hydrogens (tertiary/aromatic N) is 2. The minimum Gasteiger partial charge on any atom is -0.481 e. The van der Waals surface area contributed by atoms with Crippen LogP contribution in [0.5, 0.6) is 11.6 Å². The number of pyridine rings is 1. The van der Waals surface area contributed by atoms with Crippen LogP contribution in [-0.2, 0) is 4.79 Å². The third-order valence-electron chi connectivity index (χ3n) is 6.13. The first kappa shape index (κ1) is 19.2. The van der Waals surface area contributed by atoms with Crippen molar-refractivity contribution in [2.75, 3.05) is 18.4 Å². The molecule has 0 radical (unpaired) electrons. The van der Waals surface area contributed by atoms with E-state index in [9.17, 15) is 14.7 Å². The Kier molecular flexibility index (Phi) is 4.90. The number of benzene rings is 1. The van der Waals surface area contributed by atoms with Gasteiger partial charge in [0.15, 0.2) is 0 Å². The number of anilines is 1. The number of hydrogen-bond acceptors (Lipinski definition) is 4. The summed E-state index contributed by atoms with van der Waals surface area (Å²) in [4.78, 5) is 30.4. The van der Waals surface area contributed by atoms with Crippen LogP contribution in [0, 0.1) is 25.2 Å². The standard InChI is InChI=1S/C22H25N3O4/c1-14-7-9-23-19(10-14)29-18-11-17(6-5-15(18)2)24-21(28)25-12-16-4-3-8-22(16,13-25)20(26)27/h5-7,9-11,16H,3-4,8,12-13H2,1-2H3,(H,24,28)(H,26,27)/t16-,22+/m0/s1. The summed E-state index contributed by atoms with van der Waals surface area (Å²) in [5.74, 6) is 0.357. The van der Waals surface area contributed by atoms with Crippen LogP contribution in [0.3, 0.4) is 0 Å². The summed E-state index contributed by atoms with van der Waals surface area (Å²) in [7, 11) is 0. The number of amides is 2. The Bertz CT molecular complexity index is 961. The van der Waals surface area contributed by atoms with Crippen molar-refractivity contribution in [3.63, 3.8) is 0 Å². The quantitative estimate of drug-likeness (QED) is 0.809. The smallest absolute Gasteiger partial charge is 0.321 e. The molecule has 7 nitrogen and oxygen atoms in total. The third-order valence-corrected chi connectivity index (χ3v) is 6.13. The summed E-state index contributed by atoms with van der Waals surface area (Å²) >= 11 is 0. The maximum Gasteiger partial charge on any atom is 0.321 e. The molecule has 4 rings (SSSR count). The molecule has 0 bridgehead atoms. The van der Waals surface area contributed by atoms with E-state index < -0.39 is 11.4 Å². The van der Waals surface area contributed by atoms with Gasteiger partial charge in [-0.3, -0.25) is 4.79 Å². The second kappa shape index (κ2) is 7.39. The van der Waals surface area contributed by atoms with Crippen molar-refractivity contribution in [1.29, 1.82) is 0 Å². The van der Waals surface area contributed by atoms with E-state index in [4.69, 9.17) is 4.74 Å². The van der Waals surface area contributed by atoms with Gasteiger partial charge in [-0.25, -0.2) is 9.78 Å². The number of urea groups is 1. The number of aromatic nitrogens is 1. The van der Waals surface area contributed by atoms with Crippen LogP contribution >= 0.6 is 0 Å². The number of carbonyl (C=O) groups excluding carboxylic acids is 1. The molecule has 1 saturated heterocycles. The number of carboxylic acids is 1. The van der Waals surface area contributed by atoms with E-state index in [0.29, 0.717) is 30.3 Å². The van der Waals surface area contributed by atoms with E-state index in [1.807, 2.05) is 38.1 Å². The molecule has 1 aliphatic heterocycles. The average molecular weight is 395 g/mol. The molecule has 0 unspecified atom stereocenters. The highest BCUT2D eigenvalue weighted by atomic mass is 16.5. The van der Waals surface area contributed by atoms with Crippen molar-refractivity contribution in [3.8, 4) is 11.6 Å². The molecular formula is C22H25N3O4. The van der Waals surface area contributed by atoms with Gasteiger partial charge in [-0.15, -0.1) is 0 Å². The number of aryl methyl sites for hydroxylation is 2. The number of carboxylic acid groups (broad SMARTS) is 1. The van der Waals surface area contributed by atoms with E-state index >= 15 is 0 Å². The fraction of sp³-hybridized carbons (Fsp3) is 0.409. The van der Waals surface area contributed by atoms with E-state index in [2.05, 4.69) is 10.3 Å². The Balaban J connectivity index is 1.47. The molecule has 2 aliphatic rings. The first-order valence-corrected chi connectivity index (χ1v) is 9.88. The van der Waals surface area contributed by atoms with Crippen LogP contribution in [0.2, 0.25) is 0 Å². The van der Waals surface area contributed by atoms with E-state index in [1.54, 1.807) is 17.2 Å². The molecule has 1 saturated carbocycles. The normalized spacial score (nSPS) is 23.0. The molecule has 7 heteroatoms. The molecule has 2 atom stereocenters. The summed E-state index contributed by atoms with van der Waals surface area (Å²) in [5.41, 5.74) is 1.79. The Morgan fingerprint density at radius 1 is 1.28 bits per heavy atom. The fourth-order valence-electron chi connectivity index (χ4n) is 4.46. The van der Waals surface area contributed by atoms with Crippen LogP contribution in [-0.4, -0.2) is 40.1 Å². The number of aliphatic carboxylic acids is 1. The molecule has 1 aromatic carbocycles. The Hall–Kier alpha value is -3.09. The van der Waals surface area contributed by atoms with Gasteiger partial charge in [0.1, 0.15) is 5.75 Å². The summed E-state index contributed by atoms with van der Waals surface area (Å²) in [6.45, 7) is 4.64. The van der Waals surface area contributed by atoms with Crippen molar-refractivity contribution in [1.82, 2.24) is 9.88 Å². The third kappa shape index (κ3) is 3.64. The zero-order valence-corrected chi connectivity index (χ0v) is 16.6. The van der Waals surface area contributed by atoms with Gasteiger partial charge in [0.2, 0.25) is 5.88 Å². The topological polar surface area (TPSA) is 91.8 Å². The Morgan fingerprint density at radius 3 is 2.83 bits per heavy atom. The molecule has 2 fully saturated rings. The van der Waals surface area contributed by atoms with Crippen LogP contribution in [0.4, 0.5) is 10.5 Å². The number of carbonyl (C=O) groups is 2. The maximum atomic E-state index is 12.8. The molecule has 2 N–H and O–H groups in total. The van der Waals surface area contributed by atoms with Gasteiger partial charge in [0.05, 0.1) is 5.41 Å². The minimum absolute atomic E-state index is 0.0371. The van der Waals surface area contributed by atoms with Crippen molar-refractivity contribution >= 4 is 17.7 Å². The second-order valence-corrected chi connectivity index (χ2v) is 8.11. The van der Waals surface area contributed by atoms with Gasteiger partial charge in [-0.1, -0.05) is 12.5 Å². The highest BCUT2D eigenvalue weighted by molar-refractivity contribution is 5.91. The number of hydrogen-bond donors (Lipinski definition) is 2. The van der Waals surface area contributed by atoms with Crippen LogP contribution in [0.1, 0.15) is 30.4 Å². The van der Waals surface area contributed by atoms with Gasteiger partial charge in [0, 0.05) is 37.1 Å². The molecule has 1 aliphatic carbocycles. The number of likely N-dealkylation sites (tertiary alicyclic amines) is 1. The van der Waals surface area contributed by atoms with Crippen molar-refractivity contribution in [3.05, 3.63) is 47.7 Å². The summed E-state index contributed by atoms with van der Waals surface area (Å²) < 4.78 is 5.89. The van der Waals surface area contributed by atoms with Crippen LogP contribution < -0.4 is 10.1 Å². The zero-order chi connectivity index (χ0) is 20.6. The van der Waals surface area contributed by atoms with Crippen molar-refractivity contribution in [2.45, 2.75) is 33.1 Å². The van der Waals surface area contributed by atoms with Gasteiger partial charge in [0.25, 0.3) is 0 Å². The first-order valence-electron chi connectivity index (χ1n) is 9.88. The maximum absolute atomic E-state index is 12.8. The van der Waals surface area contributed by atoms with Crippen LogP contribution in [0.15, 0.2) is 36.5 Å².